The van der Waals surface area contributed by atoms with Gasteiger partial charge >= 0.3 is 5.97 Å². The zero-order valence-corrected chi connectivity index (χ0v) is 11.8. The number of hydrogen-bond donors (Lipinski definition) is 2. The number of aliphatic hydroxyl groups excluding tert-OH is 1. The Morgan fingerprint density at radius 2 is 2.00 bits per heavy atom. The Morgan fingerprint density at radius 3 is 2.65 bits per heavy atom. The first kappa shape index (κ1) is 13.5. The highest BCUT2D eigenvalue weighted by Crippen LogP contribution is 2.57. The number of fused-ring (bicyclic) bond motifs is 2. The largest absolute Gasteiger partial charge is 0.423 e. The molecule has 0 bridgehead atoms. The minimum Gasteiger partial charge on any atom is -0.423 e. The van der Waals surface area contributed by atoms with Crippen LogP contribution in [0.5, 0.6) is 0 Å². The summed E-state index contributed by atoms with van der Waals surface area (Å²) in [6, 6.07) is 0. The molecule has 0 aromatic heterocycles. The zero-order valence-electron chi connectivity index (χ0n) is 11.8. The fourth-order valence-electron chi connectivity index (χ4n) is 3.95. The van der Waals surface area contributed by atoms with Crippen LogP contribution in [-0.2, 0) is 14.3 Å². The van der Waals surface area contributed by atoms with Gasteiger partial charge in [-0.2, -0.15) is 0 Å². The number of esters is 1. The van der Waals surface area contributed by atoms with Crippen molar-refractivity contribution in [2.24, 2.45) is 11.3 Å². The molecule has 1 aliphatic heterocycles. The van der Waals surface area contributed by atoms with Crippen LogP contribution >= 0.6 is 0 Å². The van der Waals surface area contributed by atoms with Crippen LogP contribution in [0.4, 0.5) is 0 Å². The molecule has 5 nitrogen and oxygen atoms in total. The van der Waals surface area contributed by atoms with E-state index in [1.807, 2.05) is 6.92 Å². The number of rotatable bonds is 0. The van der Waals surface area contributed by atoms with E-state index in [9.17, 15) is 19.8 Å². The molecule has 3 aliphatic rings. The van der Waals surface area contributed by atoms with Crippen LogP contribution in [0.15, 0.2) is 22.8 Å². The Balaban J connectivity index is 2.16. The van der Waals surface area contributed by atoms with Gasteiger partial charge in [-0.3, -0.25) is 4.79 Å². The molecule has 3 rings (SSSR count). The normalized spacial score (nSPS) is 44.0. The summed E-state index contributed by atoms with van der Waals surface area (Å²) in [6.45, 7) is 5.22. The van der Waals surface area contributed by atoms with E-state index in [1.54, 1.807) is 19.9 Å². The number of ketones is 1. The van der Waals surface area contributed by atoms with E-state index >= 15 is 0 Å². The average Bonchev–Trinajstić information content (AvgIpc) is 2.55. The third-order valence-electron chi connectivity index (χ3n) is 5.13. The van der Waals surface area contributed by atoms with Gasteiger partial charge in [0.2, 0.25) is 0 Å². The Kier molecular flexibility index (Phi) is 2.57. The van der Waals surface area contributed by atoms with Gasteiger partial charge in [-0.1, -0.05) is 12.5 Å². The maximum absolute atomic E-state index is 11.8. The van der Waals surface area contributed by atoms with Crippen molar-refractivity contribution in [3.63, 3.8) is 0 Å². The van der Waals surface area contributed by atoms with Crippen molar-refractivity contribution < 1.29 is 24.5 Å². The molecule has 108 valence electrons. The van der Waals surface area contributed by atoms with E-state index in [4.69, 9.17) is 4.74 Å². The summed E-state index contributed by atoms with van der Waals surface area (Å²) in [5.74, 6) is -2.73. The first-order chi connectivity index (χ1) is 9.20. The van der Waals surface area contributed by atoms with Crippen LogP contribution in [0.2, 0.25) is 0 Å². The van der Waals surface area contributed by atoms with Gasteiger partial charge in [-0.05, 0) is 32.3 Å². The van der Waals surface area contributed by atoms with Crippen molar-refractivity contribution in [3.8, 4) is 0 Å². The summed E-state index contributed by atoms with van der Waals surface area (Å²) in [7, 11) is 0. The van der Waals surface area contributed by atoms with Crippen molar-refractivity contribution in [2.75, 3.05) is 0 Å². The van der Waals surface area contributed by atoms with Crippen molar-refractivity contribution in [3.05, 3.63) is 22.8 Å². The molecule has 0 spiro atoms. The molecule has 0 aromatic rings. The number of carbonyl (C=O) groups excluding carboxylic acids is 2. The molecule has 0 radical (unpaired) electrons. The van der Waals surface area contributed by atoms with E-state index in [0.717, 1.165) is 5.57 Å². The van der Waals surface area contributed by atoms with Gasteiger partial charge in [0, 0.05) is 23.0 Å². The quantitative estimate of drug-likeness (QED) is 0.642. The van der Waals surface area contributed by atoms with Crippen LogP contribution in [0.25, 0.3) is 0 Å². The van der Waals surface area contributed by atoms with Crippen LogP contribution in [0, 0.1) is 11.3 Å². The maximum Gasteiger partial charge on any atom is 0.336 e. The van der Waals surface area contributed by atoms with Crippen molar-refractivity contribution in [1.29, 1.82) is 0 Å². The van der Waals surface area contributed by atoms with Gasteiger partial charge in [0.1, 0.15) is 6.10 Å². The summed E-state index contributed by atoms with van der Waals surface area (Å²) >= 11 is 0. The second kappa shape index (κ2) is 3.80. The molecule has 5 heteroatoms. The van der Waals surface area contributed by atoms with Gasteiger partial charge in [-0.15, -0.1) is 0 Å². The van der Waals surface area contributed by atoms with Crippen LogP contribution < -0.4 is 0 Å². The molecule has 1 fully saturated rings. The van der Waals surface area contributed by atoms with E-state index < -0.39 is 23.3 Å². The Hall–Kier alpha value is -1.46. The second-order valence-electron chi connectivity index (χ2n) is 6.39. The summed E-state index contributed by atoms with van der Waals surface area (Å²) < 4.78 is 5.02. The average molecular weight is 278 g/mol. The van der Waals surface area contributed by atoms with Gasteiger partial charge in [0.05, 0.1) is 0 Å². The van der Waals surface area contributed by atoms with Crippen LogP contribution in [-0.4, -0.2) is 33.9 Å². The minimum absolute atomic E-state index is 0.0719. The number of hydrogen-bond acceptors (Lipinski definition) is 5. The molecule has 2 aliphatic carbocycles. The van der Waals surface area contributed by atoms with E-state index in [1.165, 1.54) is 0 Å². The monoisotopic (exact) mass is 278 g/mol. The minimum atomic E-state index is -1.98. The summed E-state index contributed by atoms with van der Waals surface area (Å²) in [6.07, 6.45) is 0.856. The molecular weight excluding hydrogens is 260 g/mol. The number of allylic oxidation sites excluding steroid dienone is 2. The summed E-state index contributed by atoms with van der Waals surface area (Å²) in [5.41, 5.74) is 0.862. The van der Waals surface area contributed by atoms with E-state index in [0.29, 0.717) is 17.6 Å². The fourth-order valence-corrected chi connectivity index (χ4v) is 3.95. The topological polar surface area (TPSA) is 83.8 Å². The number of carbonyl (C=O) groups is 2. The Labute approximate surface area is 116 Å². The highest BCUT2D eigenvalue weighted by Gasteiger charge is 2.64. The first-order valence-electron chi connectivity index (χ1n) is 6.75. The lowest BCUT2D eigenvalue weighted by Crippen LogP contribution is -2.61. The molecule has 20 heavy (non-hydrogen) atoms. The molecule has 2 N–H and O–H groups in total. The predicted molar refractivity (Wildman–Crippen MR) is 69.3 cm³/mol. The van der Waals surface area contributed by atoms with Gasteiger partial charge < -0.3 is 14.9 Å². The summed E-state index contributed by atoms with van der Waals surface area (Å²) in [5, 5.41) is 21.2. The maximum atomic E-state index is 11.8. The van der Waals surface area contributed by atoms with Crippen LogP contribution in [0.1, 0.15) is 33.6 Å². The second-order valence-corrected chi connectivity index (χ2v) is 6.39. The Bertz CT molecular complexity index is 587. The summed E-state index contributed by atoms with van der Waals surface area (Å²) in [4.78, 5) is 23.5. The predicted octanol–water partition coefficient (Wildman–Crippen LogP) is 0.854. The van der Waals surface area contributed by atoms with Crippen molar-refractivity contribution in [2.45, 2.75) is 45.5 Å². The number of aliphatic hydroxyl groups is 2. The third-order valence-corrected chi connectivity index (χ3v) is 5.13. The SMILES string of the molecule is CC1=CC(=O)C[C@@]2(C)[C@H]1CC1=C(C)C(=O)O[C@@]1(O)[C@H]2O. The molecule has 0 aromatic carbocycles. The molecule has 4 atom stereocenters. The number of ether oxygens (including phenoxy) is 1. The fraction of sp³-hybridized carbons (Fsp3) is 0.600. The molecule has 0 saturated heterocycles. The van der Waals surface area contributed by atoms with E-state index in [2.05, 4.69) is 0 Å². The van der Waals surface area contributed by atoms with Gasteiger partial charge in [0.15, 0.2) is 5.78 Å². The highest BCUT2D eigenvalue weighted by molar-refractivity contribution is 5.94. The van der Waals surface area contributed by atoms with Gasteiger partial charge in [0.25, 0.3) is 5.79 Å². The molecule has 1 heterocycles. The van der Waals surface area contributed by atoms with Gasteiger partial charge in [-0.25, -0.2) is 4.79 Å². The molecular formula is C15H18O5. The standard InChI is InChI=1S/C15H18O5/c1-7-4-9(16)6-14(3)10(7)5-11-8(2)12(17)20-15(11,19)13(14)18/h4,10,13,18-19H,5-6H2,1-3H3/t10-,13-,14-,15+/m0/s1. The van der Waals surface area contributed by atoms with E-state index in [-0.39, 0.29) is 18.1 Å². The Morgan fingerprint density at radius 1 is 1.35 bits per heavy atom. The van der Waals surface area contributed by atoms with Crippen LogP contribution in [0.3, 0.4) is 0 Å². The zero-order chi connectivity index (χ0) is 14.9. The highest BCUT2D eigenvalue weighted by atomic mass is 16.7. The molecule has 0 unspecified atom stereocenters. The molecule has 0 amide bonds. The first-order valence-corrected chi connectivity index (χ1v) is 6.75. The third kappa shape index (κ3) is 1.45. The molecule has 1 saturated carbocycles. The lowest BCUT2D eigenvalue weighted by molar-refractivity contribution is -0.255. The lowest BCUT2D eigenvalue weighted by Gasteiger charge is -2.52. The lowest BCUT2D eigenvalue weighted by atomic mass is 9.56. The van der Waals surface area contributed by atoms with Crippen molar-refractivity contribution in [1.82, 2.24) is 0 Å². The van der Waals surface area contributed by atoms with Crippen molar-refractivity contribution >= 4 is 11.8 Å². The smallest absolute Gasteiger partial charge is 0.336 e.